The van der Waals surface area contributed by atoms with Gasteiger partial charge in [-0.2, -0.15) is 0 Å². The van der Waals surface area contributed by atoms with E-state index < -0.39 is 0 Å². The first-order valence-corrected chi connectivity index (χ1v) is 7.47. The molecule has 1 saturated heterocycles. The number of halogens is 1. The summed E-state index contributed by atoms with van der Waals surface area (Å²) in [5.41, 5.74) is 0. The zero-order valence-electron chi connectivity index (χ0n) is 10.9. The molecule has 0 radical (unpaired) electrons. The van der Waals surface area contributed by atoms with Crippen molar-refractivity contribution in [1.82, 2.24) is 0 Å². The van der Waals surface area contributed by atoms with E-state index in [0.29, 0.717) is 12.7 Å². The van der Waals surface area contributed by atoms with Gasteiger partial charge in [0.05, 0.1) is 12.2 Å². The van der Waals surface area contributed by atoms with E-state index in [2.05, 4.69) is 47.1 Å². The molecule has 2 aromatic carbocycles. The van der Waals surface area contributed by atoms with Crippen molar-refractivity contribution < 1.29 is 9.47 Å². The quantitative estimate of drug-likeness (QED) is 0.826. The van der Waals surface area contributed by atoms with Crippen LogP contribution in [-0.4, -0.2) is 18.8 Å². The zero-order valence-corrected chi connectivity index (χ0v) is 12.5. The number of fused-ring (bicyclic) bond motifs is 1. The summed E-state index contributed by atoms with van der Waals surface area (Å²) in [7, 11) is 0. The van der Waals surface area contributed by atoms with Gasteiger partial charge in [-0.1, -0.05) is 28.1 Å². The first-order valence-electron chi connectivity index (χ1n) is 6.68. The molecule has 1 heterocycles. The van der Waals surface area contributed by atoms with Crippen molar-refractivity contribution >= 4 is 26.7 Å². The molecule has 0 saturated carbocycles. The van der Waals surface area contributed by atoms with Crippen molar-refractivity contribution in [2.75, 3.05) is 6.61 Å². The average molecular weight is 321 g/mol. The minimum atomic E-state index is 0.246. The Bertz CT molecular complexity index is 582. The Morgan fingerprint density at radius 1 is 1.16 bits per heavy atom. The highest BCUT2D eigenvalue weighted by Gasteiger charge is 2.22. The predicted molar refractivity (Wildman–Crippen MR) is 80.7 cm³/mol. The molecule has 2 unspecified atom stereocenters. The molecule has 3 rings (SSSR count). The largest absolute Gasteiger partial charge is 0.491 e. The van der Waals surface area contributed by atoms with Crippen LogP contribution in [0.1, 0.15) is 19.8 Å². The molecule has 0 amide bonds. The van der Waals surface area contributed by atoms with Gasteiger partial charge in [0.1, 0.15) is 12.4 Å². The molecule has 2 aromatic rings. The van der Waals surface area contributed by atoms with Crippen molar-refractivity contribution in [2.24, 2.45) is 0 Å². The molecule has 2 atom stereocenters. The van der Waals surface area contributed by atoms with E-state index in [1.807, 2.05) is 12.1 Å². The van der Waals surface area contributed by atoms with E-state index in [0.717, 1.165) is 23.1 Å². The molecule has 2 nitrogen and oxygen atoms in total. The summed E-state index contributed by atoms with van der Waals surface area (Å²) in [6.45, 7) is 2.76. The molecule has 1 fully saturated rings. The Morgan fingerprint density at radius 2 is 1.95 bits per heavy atom. The van der Waals surface area contributed by atoms with Crippen molar-refractivity contribution in [2.45, 2.75) is 32.0 Å². The fraction of sp³-hybridized carbons (Fsp3) is 0.375. The van der Waals surface area contributed by atoms with Crippen LogP contribution >= 0.6 is 15.9 Å². The molecule has 0 N–H and O–H groups in total. The van der Waals surface area contributed by atoms with Gasteiger partial charge in [0.25, 0.3) is 0 Å². The molecular formula is C16H17BrO2. The molecule has 0 aliphatic carbocycles. The summed E-state index contributed by atoms with van der Waals surface area (Å²) in [6, 6.07) is 12.5. The van der Waals surface area contributed by atoms with Crippen LogP contribution in [-0.2, 0) is 4.74 Å². The van der Waals surface area contributed by atoms with Crippen LogP contribution in [0.2, 0.25) is 0 Å². The zero-order chi connectivity index (χ0) is 13.2. The van der Waals surface area contributed by atoms with E-state index >= 15 is 0 Å². The minimum absolute atomic E-state index is 0.246. The Morgan fingerprint density at radius 3 is 2.74 bits per heavy atom. The monoisotopic (exact) mass is 320 g/mol. The summed E-state index contributed by atoms with van der Waals surface area (Å²) < 4.78 is 12.7. The third-order valence-corrected chi connectivity index (χ3v) is 4.02. The Kier molecular flexibility index (Phi) is 3.76. The fourth-order valence-corrected chi connectivity index (χ4v) is 2.86. The normalized spacial score (nSPS) is 22.8. The highest BCUT2D eigenvalue weighted by molar-refractivity contribution is 9.10. The van der Waals surface area contributed by atoms with Gasteiger partial charge in [-0.3, -0.25) is 0 Å². The fourth-order valence-electron chi connectivity index (χ4n) is 2.48. The standard InChI is InChI=1S/C16H17BrO2/c1-11-2-6-16(19-11)10-18-15-7-4-12-8-14(17)5-3-13(12)9-15/h3-5,7-9,11,16H,2,6,10H2,1H3. The van der Waals surface area contributed by atoms with Gasteiger partial charge in [0, 0.05) is 4.47 Å². The maximum absolute atomic E-state index is 5.84. The second kappa shape index (κ2) is 5.51. The smallest absolute Gasteiger partial charge is 0.120 e. The van der Waals surface area contributed by atoms with Crippen molar-refractivity contribution in [3.8, 4) is 5.75 Å². The Hall–Kier alpha value is -1.06. The number of ether oxygens (including phenoxy) is 2. The molecule has 0 spiro atoms. The van der Waals surface area contributed by atoms with Gasteiger partial charge in [-0.05, 0) is 54.8 Å². The second-order valence-corrected chi connectivity index (χ2v) is 6.03. The highest BCUT2D eigenvalue weighted by atomic mass is 79.9. The van der Waals surface area contributed by atoms with Gasteiger partial charge in [-0.25, -0.2) is 0 Å². The molecule has 0 aromatic heterocycles. The summed E-state index contributed by atoms with van der Waals surface area (Å²) in [4.78, 5) is 0. The number of benzene rings is 2. The molecule has 19 heavy (non-hydrogen) atoms. The summed E-state index contributed by atoms with van der Waals surface area (Å²) in [5.74, 6) is 0.915. The van der Waals surface area contributed by atoms with Gasteiger partial charge >= 0.3 is 0 Å². The first-order chi connectivity index (χ1) is 9.20. The van der Waals surface area contributed by atoms with E-state index in [1.165, 1.54) is 10.8 Å². The lowest BCUT2D eigenvalue weighted by Crippen LogP contribution is -2.17. The van der Waals surface area contributed by atoms with Crippen LogP contribution in [0, 0.1) is 0 Å². The number of rotatable bonds is 3. The van der Waals surface area contributed by atoms with Crippen molar-refractivity contribution in [3.05, 3.63) is 40.9 Å². The SMILES string of the molecule is CC1CCC(COc2ccc3cc(Br)ccc3c2)O1. The van der Waals surface area contributed by atoms with Gasteiger partial charge < -0.3 is 9.47 Å². The molecule has 1 aliphatic rings. The number of hydrogen-bond acceptors (Lipinski definition) is 2. The lowest BCUT2D eigenvalue weighted by molar-refractivity contribution is 0.0265. The third kappa shape index (κ3) is 3.10. The summed E-state index contributed by atoms with van der Waals surface area (Å²) in [5, 5.41) is 2.41. The van der Waals surface area contributed by atoms with Crippen LogP contribution in [0.4, 0.5) is 0 Å². The van der Waals surface area contributed by atoms with Crippen LogP contribution in [0.15, 0.2) is 40.9 Å². The van der Waals surface area contributed by atoms with E-state index in [4.69, 9.17) is 9.47 Å². The van der Waals surface area contributed by atoms with Gasteiger partial charge in [-0.15, -0.1) is 0 Å². The Labute approximate surface area is 121 Å². The van der Waals surface area contributed by atoms with E-state index in [1.54, 1.807) is 0 Å². The van der Waals surface area contributed by atoms with Gasteiger partial charge in [0.15, 0.2) is 0 Å². The van der Waals surface area contributed by atoms with Crippen LogP contribution < -0.4 is 4.74 Å². The molecule has 0 bridgehead atoms. The highest BCUT2D eigenvalue weighted by Crippen LogP contribution is 2.25. The molecular weight excluding hydrogens is 304 g/mol. The lowest BCUT2D eigenvalue weighted by atomic mass is 10.1. The van der Waals surface area contributed by atoms with E-state index in [-0.39, 0.29) is 6.10 Å². The predicted octanol–water partition coefficient (Wildman–Crippen LogP) is 4.55. The van der Waals surface area contributed by atoms with E-state index in [9.17, 15) is 0 Å². The third-order valence-electron chi connectivity index (χ3n) is 3.53. The topological polar surface area (TPSA) is 18.5 Å². The van der Waals surface area contributed by atoms with Crippen molar-refractivity contribution in [3.63, 3.8) is 0 Å². The number of hydrogen-bond donors (Lipinski definition) is 0. The van der Waals surface area contributed by atoms with Crippen LogP contribution in [0.3, 0.4) is 0 Å². The molecule has 1 aliphatic heterocycles. The van der Waals surface area contributed by atoms with Crippen LogP contribution in [0.5, 0.6) is 5.75 Å². The van der Waals surface area contributed by atoms with Crippen molar-refractivity contribution in [1.29, 1.82) is 0 Å². The van der Waals surface area contributed by atoms with Gasteiger partial charge in [0.2, 0.25) is 0 Å². The summed E-state index contributed by atoms with van der Waals surface area (Å²) in [6.07, 6.45) is 2.86. The maximum Gasteiger partial charge on any atom is 0.120 e. The minimum Gasteiger partial charge on any atom is -0.491 e. The average Bonchev–Trinajstić information content (AvgIpc) is 2.82. The van der Waals surface area contributed by atoms with Crippen LogP contribution in [0.25, 0.3) is 10.8 Å². The maximum atomic E-state index is 5.84. The summed E-state index contributed by atoms with van der Waals surface area (Å²) >= 11 is 3.48. The molecule has 100 valence electrons. The molecule has 3 heteroatoms. The second-order valence-electron chi connectivity index (χ2n) is 5.11. The Balaban J connectivity index is 1.69. The lowest BCUT2D eigenvalue weighted by Gasteiger charge is -2.13. The first kappa shape index (κ1) is 12.9.